The molecule has 2 aliphatic heterocycles. The minimum atomic E-state index is -0.463. The summed E-state index contributed by atoms with van der Waals surface area (Å²) < 4.78 is 12.3. The van der Waals surface area contributed by atoms with Gasteiger partial charge in [0.25, 0.3) is 0 Å². The van der Waals surface area contributed by atoms with Crippen LogP contribution in [-0.2, 0) is 11.2 Å². The van der Waals surface area contributed by atoms with E-state index in [2.05, 4.69) is 15.9 Å². The summed E-state index contributed by atoms with van der Waals surface area (Å²) in [5.74, 6) is 0.228. The first-order valence-corrected chi connectivity index (χ1v) is 8.24. The van der Waals surface area contributed by atoms with Crippen molar-refractivity contribution in [3.63, 3.8) is 0 Å². The number of nitrogens with one attached hydrogen (secondary N) is 2. The highest BCUT2D eigenvalue weighted by atomic mass is 16.5. The van der Waals surface area contributed by atoms with Gasteiger partial charge in [-0.2, -0.15) is 0 Å². The summed E-state index contributed by atoms with van der Waals surface area (Å²) in [5.41, 5.74) is 10.0. The number of rotatable bonds is 4. The van der Waals surface area contributed by atoms with Crippen LogP contribution in [0, 0.1) is 0 Å². The molecule has 0 radical (unpaired) electrons. The van der Waals surface area contributed by atoms with Gasteiger partial charge in [0.15, 0.2) is 5.69 Å². The highest BCUT2D eigenvalue weighted by Crippen LogP contribution is 2.37. The SMILES string of the molecule is CCOC(=O)c1ncn2c1CC1=C(CO)NNN1c1cc(OC)ccc1-2. The molecule has 9 nitrogen and oxygen atoms in total. The lowest BCUT2D eigenvalue weighted by molar-refractivity contribution is 0.0519. The number of nitrogens with zero attached hydrogens (tertiary/aromatic N) is 3. The van der Waals surface area contributed by atoms with E-state index in [0.29, 0.717) is 23.6 Å². The molecule has 0 saturated heterocycles. The van der Waals surface area contributed by atoms with Gasteiger partial charge in [-0.1, -0.05) is 0 Å². The Kier molecular flexibility index (Phi) is 4.02. The van der Waals surface area contributed by atoms with E-state index >= 15 is 0 Å². The van der Waals surface area contributed by atoms with Crippen LogP contribution in [0.5, 0.6) is 5.75 Å². The van der Waals surface area contributed by atoms with Crippen LogP contribution in [0.3, 0.4) is 0 Å². The van der Waals surface area contributed by atoms with E-state index in [4.69, 9.17) is 9.47 Å². The zero-order valence-corrected chi connectivity index (χ0v) is 14.4. The molecule has 0 spiro atoms. The quantitative estimate of drug-likeness (QED) is 0.686. The van der Waals surface area contributed by atoms with Gasteiger partial charge in [-0.25, -0.2) is 9.78 Å². The second kappa shape index (κ2) is 6.36. The van der Waals surface area contributed by atoms with Gasteiger partial charge < -0.3 is 20.0 Å². The van der Waals surface area contributed by atoms with Gasteiger partial charge in [0.2, 0.25) is 0 Å². The normalized spacial score (nSPS) is 15.0. The Bertz CT molecular complexity index is 905. The molecular formula is C17H19N5O4. The molecule has 0 fully saturated rings. The average Bonchev–Trinajstić information content (AvgIpc) is 3.23. The van der Waals surface area contributed by atoms with Gasteiger partial charge in [-0.15, -0.1) is 5.53 Å². The third kappa shape index (κ3) is 2.40. The molecule has 2 aliphatic rings. The van der Waals surface area contributed by atoms with Gasteiger partial charge in [-0.3, -0.25) is 9.58 Å². The highest BCUT2D eigenvalue weighted by Gasteiger charge is 2.33. The number of aliphatic hydroxyl groups excluding tert-OH is 1. The zero-order valence-electron chi connectivity index (χ0n) is 14.4. The molecule has 0 bridgehead atoms. The van der Waals surface area contributed by atoms with Crippen molar-refractivity contribution in [2.24, 2.45) is 0 Å². The Morgan fingerprint density at radius 2 is 2.23 bits per heavy atom. The molecule has 3 heterocycles. The first-order chi connectivity index (χ1) is 12.7. The van der Waals surface area contributed by atoms with Crippen molar-refractivity contribution in [2.75, 3.05) is 25.3 Å². The van der Waals surface area contributed by atoms with E-state index in [1.165, 1.54) is 0 Å². The smallest absolute Gasteiger partial charge is 0.358 e. The number of carbonyl (C=O) groups excluding carboxylic acids is 1. The Morgan fingerprint density at radius 3 is 2.96 bits per heavy atom. The number of hydrogen-bond donors (Lipinski definition) is 3. The van der Waals surface area contributed by atoms with Crippen molar-refractivity contribution in [1.82, 2.24) is 20.5 Å². The van der Waals surface area contributed by atoms with Crippen molar-refractivity contribution in [3.05, 3.63) is 47.3 Å². The lowest BCUT2D eigenvalue weighted by Crippen LogP contribution is -2.38. The molecule has 0 atom stereocenters. The molecule has 1 aromatic carbocycles. The van der Waals surface area contributed by atoms with Gasteiger partial charge in [0.05, 0.1) is 48.8 Å². The van der Waals surface area contributed by atoms with E-state index in [0.717, 1.165) is 17.1 Å². The maximum atomic E-state index is 12.3. The number of methoxy groups -OCH3 is 1. The summed E-state index contributed by atoms with van der Waals surface area (Å²) in [5, 5.41) is 11.5. The zero-order chi connectivity index (χ0) is 18.3. The standard InChI is InChI=1S/C17H19N5O4/c1-3-26-17(24)16-15-7-13-11(8-23)19-20-22(13)14-6-10(25-2)4-5-12(14)21(15)9-18-16/h4-6,9,19-20,23H,3,7-8H2,1-2H3. The Morgan fingerprint density at radius 1 is 1.38 bits per heavy atom. The van der Waals surface area contributed by atoms with Crippen LogP contribution in [0.15, 0.2) is 35.9 Å². The monoisotopic (exact) mass is 357 g/mol. The fourth-order valence-electron chi connectivity index (χ4n) is 3.21. The van der Waals surface area contributed by atoms with E-state index in [1.807, 2.05) is 27.8 Å². The molecule has 9 heteroatoms. The second-order valence-corrected chi connectivity index (χ2v) is 5.82. The predicted molar refractivity (Wildman–Crippen MR) is 92.6 cm³/mol. The van der Waals surface area contributed by atoms with Crippen molar-refractivity contribution in [1.29, 1.82) is 0 Å². The Hall–Kier alpha value is -3.04. The molecule has 0 amide bonds. The fourth-order valence-corrected chi connectivity index (χ4v) is 3.21. The lowest BCUT2D eigenvalue weighted by Gasteiger charge is -2.21. The van der Waals surface area contributed by atoms with E-state index in [9.17, 15) is 9.90 Å². The number of esters is 1. The molecule has 1 aromatic heterocycles. The van der Waals surface area contributed by atoms with Crippen LogP contribution < -0.4 is 20.7 Å². The molecule has 136 valence electrons. The first-order valence-electron chi connectivity index (χ1n) is 8.24. The van der Waals surface area contributed by atoms with Crippen LogP contribution >= 0.6 is 0 Å². The molecule has 4 rings (SSSR count). The maximum Gasteiger partial charge on any atom is 0.358 e. The number of hydrazine groups is 2. The van der Waals surface area contributed by atoms with Crippen LogP contribution in [0.2, 0.25) is 0 Å². The van der Waals surface area contributed by atoms with Crippen LogP contribution in [0.25, 0.3) is 5.69 Å². The summed E-state index contributed by atoms with van der Waals surface area (Å²) in [6.45, 7) is 1.87. The van der Waals surface area contributed by atoms with E-state index < -0.39 is 5.97 Å². The third-order valence-electron chi connectivity index (χ3n) is 4.45. The maximum absolute atomic E-state index is 12.3. The summed E-state index contributed by atoms with van der Waals surface area (Å²) in [4.78, 5) is 16.6. The first kappa shape index (κ1) is 16.4. The van der Waals surface area contributed by atoms with Gasteiger partial charge in [0, 0.05) is 12.5 Å². The van der Waals surface area contributed by atoms with Crippen LogP contribution in [0.4, 0.5) is 5.69 Å². The number of anilines is 1. The molecular weight excluding hydrogens is 338 g/mol. The van der Waals surface area contributed by atoms with Crippen molar-refractivity contribution in [3.8, 4) is 11.4 Å². The molecule has 0 unspecified atom stereocenters. The number of aliphatic hydroxyl groups is 1. The third-order valence-corrected chi connectivity index (χ3v) is 4.45. The number of hydrogen-bond acceptors (Lipinski definition) is 8. The Labute approximate surface area is 149 Å². The summed E-state index contributed by atoms with van der Waals surface area (Å²) >= 11 is 0. The van der Waals surface area contributed by atoms with Gasteiger partial charge in [0.1, 0.15) is 12.1 Å². The summed E-state index contributed by atoms with van der Waals surface area (Å²) in [6, 6.07) is 5.62. The Balaban J connectivity index is 1.94. The number of benzene rings is 1. The topological polar surface area (TPSA) is 101 Å². The highest BCUT2D eigenvalue weighted by molar-refractivity contribution is 5.89. The van der Waals surface area contributed by atoms with Gasteiger partial charge >= 0.3 is 5.97 Å². The minimum Gasteiger partial charge on any atom is -0.497 e. The number of carbonyl (C=O) groups is 1. The number of imidazole rings is 1. The summed E-state index contributed by atoms with van der Waals surface area (Å²) in [6.07, 6.45) is 2.00. The van der Waals surface area contributed by atoms with E-state index in [1.54, 1.807) is 20.4 Å². The van der Waals surface area contributed by atoms with Crippen LogP contribution in [-0.4, -0.2) is 41.0 Å². The molecule has 3 N–H and O–H groups in total. The average molecular weight is 357 g/mol. The summed E-state index contributed by atoms with van der Waals surface area (Å²) in [7, 11) is 1.60. The fraction of sp³-hybridized carbons (Fsp3) is 0.294. The second-order valence-electron chi connectivity index (χ2n) is 5.82. The number of aromatic nitrogens is 2. The molecule has 2 aromatic rings. The van der Waals surface area contributed by atoms with E-state index in [-0.39, 0.29) is 18.9 Å². The van der Waals surface area contributed by atoms with Crippen molar-refractivity contribution < 1.29 is 19.4 Å². The van der Waals surface area contributed by atoms with Crippen LogP contribution in [0.1, 0.15) is 23.1 Å². The van der Waals surface area contributed by atoms with Gasteiger partial charge in [-0.05, 0) is 19.1 Å². The largest absolute Gasteiger partial charge is 0.497 e. The number of allylic oxidation sites excluding steroid dienone is 1. The predicted octanol–water partition coefficient (Wildman–Crippen LogP) is 0.647. The number of fused-ring (bicyclic) bond motifs is 5. The lowest BCUT2D eigenvalue weighted by atomic mass is 10.1. The molecule has 0 aliphatic carbocycles. The number of ether oxygens (including phenoxy) is 2. The van der Waals surface area contributed by atoms with Crippen molar-refractivity contribution >= 4 is 11.7 Å². The minimum absolute atomic E-state index is 0.166. The van der Waals surface area contributed by atoms with Crippen molar-refractivity contribution in [2.45, 2.75) is 13.3 Å². The molecule has 26 heavy (non-hydrogen) atoms. The molecule has 0 saturated carbocycles.